The largest absolute Gasteiger partial charge is 0.481 e. The SMILES string of the molecule is O=C(O)C(CNc1ccc(N2CCCC2)cc1)C(F)(F)F. The topological polar surface area (TPSA) is 52.6 Å². The van der Waals surface area contributed by atoms with Crippen molar-refractivity contribution < 1.29 is 23.1 Å². The molecule has 1 aliphatic rings. The van der Waals surface area contributed by atoms with Crippen molar-refractivity contribution in [1.29, 1.82) is 0 Å². The van der Waals surface area contributed by atoms with Crippen LogP contribution in [-0.4, -0.2) is 36.9 Å². The minimum atomic E-state index is -4.76. The predicted octanol–water partition coefficient (Wildman–Crippen LogP) is 2.96. The maximum atomic E-state index is 12.5. The van der Waals surface area contributed by atoms with Crippen molar-refractivity contribution in [2.24, 2.45) is 5.92 Å². The monoisotopic (exact) mass is 302 g/mol. The molecular weight excluding hydrogens is 285 g/mol. The third-order valence-corrected chi connectivity index (χ3v) is 3.54. The fourth-order valence-corrected chi connectivity index (χ4v) is 2.33. The number of carboxylic acid groups (broad SMARTS) is 1. The van der Waals surface area contributed by atoms with E-state index in [0.29, 0.717) is 5.69 Å². The molecule has 0 bridgehead atoms. The van der Waals surface area contributed by atoms with Crippen molar-refractivity contribution in [3.63, 3.8) is 0 Å². The molecule has 7 heteroatoms. The van der Waals surface area contributed by atoms with E-state index in [-0.39, 0.29) is 0 Å². The zero-order valence-electron chi connectivity index (χ0n) is 11.4. The minimum Gasteiger partial charge on any atom is -0.481 e. The van der Waals surface area contributed by atoms with Gasteiger partial charge in [0.25, 0.3) is 0 Å². The molecule has 1 aromatic carbocycles. The van der Waals surface area contributed by atoms with Gasteiger partial charge in [0.2, 0.25) is 0 Å². The van der Waals surface area contributed by atoms with Crippen LogP contribution in [0, 0.1) is 5.92 Å². The highest BCUT2D eigenvalue weighted by atomic mass is 19.4. The minimum absolute atomic E-state index is 0.480. The van der Waals surface area contributed by atoms with Gasteiger partial charge in [-0.15, -0.1) is 0 Å². The van der Waals surface area contributed by atoms with Gasteiger partial charge in [-0.2, -0.15) is 13.2 Å². The predicted molar refractivity (Wildman–Crippen MR) is 73.6 cm³/mol. The molecular formula is C14H17F3N2O2. The number of aliphatic carboxylic acids is 1. The van der Waals surface area contributed by atoms with Crippen LogP contribution in [-0.2, 0) is 4.79 Å². The van der Waals surface area contributed by atoms with Gasteiger partial charge in [-0.1, -0.05) is 0 Å². The van der Waals surface area contributed by atoms with E-state index in [1.54, 1.807) is 12.1 Å². The first-order valence-electron chi connectivity index (χ1n) is 6.76. The lowest BCUT2D eigenvalue weighted by Crippen LogP contribution is -2.36. The van der Waals surface area contributed by atoms with Gasteiger partial charge in [-0.25, -0.2) is 0 Å². The van der Waals surface area contributed by atoms with Gasteiger partial charge in [0.05, 0.1) is 0 Å². The van der Waals surface area contributed by atoms with E-state index in [4.69, 9.17) is 5.11 Å². The quantitative estimate of drug-likeness (QED) is 0.878. The Balaban J connectivity index is 1.95. The Kier molecular flexibility index (Phi) is 4.59. The summed E-state index contributed by atoms with van der Waals surface area (Å²) in [6.45, 7) is 1.30. The Bertz CT molecular complexity index is 482. The molecule has 0 radical (unpaired) electrons. The van der Waals surface area contributed by atoms with Crippen LogP contribution in [0.3, 0.4) is 0 Å². The molecule has 0 saturated carbocycles. The lowest BCUT2D eigenvalue weighted by atomic mass is 10.1. The molecule has 1 aromatic rings. The van der Waals surface area contributed by atoms with Crippen LogP contribution in [0.25, 0.3) is 0 Å². The zero-order valence-corrected chi connectivity index (χ0v) is 11.4. The van der Waals surface area contributed by atoms with Crippen LogP contribution in [0.4, 0.5) is 24.5 Å². The number of hydrogen-bond acceptors (Lipinski definition) is 3. The van der Waals surface area contributed by atoms with E-state index in [1.165, 1.54) is 0 Å². The number of hydrogen-bond donors (Lipinski definition) is 2. The Morgan fingerprint density at radius 2 is 1.81 bits per heavy atom. The normalized spacial score (nSPS) is 16.8. The molecule has 1 unspecified atom stereocenters. The number of halogens is 3. The summed E-state index contributed by atoms with van der Waals surface area (Å²) in [6.07, 6.45) is -2.47. The summed E-state index contributed by atoms with van der Waals surface area (Å²) in [5.74, 6) is -4.28. The van der Waals surface area contributed by atoms with Crippen molar-refractivity contribution in [2.45, 2.75) is 19.0 Å². The van der Waals surface area contributed by atoms with Crippen LogP contribution >= 0.6 is 0 Å². The second kappa shape index (κ2) is 6.24. The first-order valence-corrected chi connectivity index (χ1v) is 6.76. The number of nitrogens with one attached hydrogen (secondary N) is 1. The van der Waals surface area contributed by atoms with E-state index < -0.39 is 24.6 Å². The molecule has 1 aliphatic heterocycles. The average molecular weight is 302 g/mol. The second-order valence-electron chi connectivity index (χ2n) is 5.05. The Labute approximate surface area is 120 Å². The summed E-state index contributed by atoms with van der Waals surface area (Å²) in [6, 6.07) is 7.00. The van der Waals surface area contributed by atoms with Gasteiger partial charge < -0.3 is 15.3 Å². The van der Waals surface area contributed by atoms with Gasteiger partial charge in [-0.05, 0) is 37.1 Å². The molecule has 1 atom stereocenters. The molecule has 2 N–H and O–H groups in total. The average Bonchev–Trinajstić information content (AvgIpc) is 2.91. The van der Waals surface area contributed by atoms with E-state index in [0.717, 1.165) is 31.6 Å². The summed E-state index contributed by atoms with van der Waals surface area (Å²) >= 11 is 0. The van der Waals surface area contributed by atoms with E-state index in [1.807, 2.05) is 12.1 Å². The molecule has 2 rings (SSSR count). The van der Waals surface area contributed by atoms with Crippen LogP contribution < -0.4 is 10.2 Å². The number of alkyl halides is 3. The van der Waals surface area contributed by atoms with Gasteiger partial charge >= 0.3 is 12.1 Å². The number of benzene rings is 1. The van der Waals surface area contributed by atoms with Gasteiger partial charge in [0.1, 0.15) is 0 Å². The number of rotatable bonds is 5. The third kappa shape index (κ3) is 4.03. The molecule has 4 nitrogen and oxygen atoms in total. The molecule has 1 saturated heterocycles. The highest BCUT2D eigenvalue weighted by Crippen LogP contribution is 2.27. The zero-order chi connectivity index (χ0) is 15.5. The lowest BCUT2D eigenvalue weighted by molar-refractivity contribution is -0.190. The highest BCUT2D eigenvalue weighted by Gasteiger charge is 2.44. The molecule has 21 heavy (non-hydrogen) atoms. The van der Waals surface area contributed by atoms with Crippen molar-refractivity contribution in [2.75, 3.05) is 29.9 Å². The summed E-state index contributed by atoms with van der Waals surface area (Å²) in [5.41, 5.74) is 1.51. The summed E-state index contributed by atoms with van der Waals surface area (Å²) in [5, 5.41) is 11.1. The highest BCUT2D eigenvalue weighted by molar-refractivity contribution is 5.72. The number of nitrogens with zero attached hydrogens (tertiary/aromatic N) is 1. The van der Waals surface area contributed by atoms with Crippen molar-refractivity contribution in [1.82, 2.24) is 0 Å². The molecule has 116 valence electrons. The summed E-state index contributed by atoms with van der Waals surface area (Å²) in [4.78, 5) is 12.8. The van der Waals surface area contributed by atoms with E-state index >= 15 is 0 Å². The first kappa shape index (κ1) is 15.5. The van der Waals surface area contributed by atoms with Gasteiger partial charge in [0.15, 0.2) is 5.92 Å². The maximum Gasteiger partial charge on any atom is 0.403 e. The fourth-order valence-electron chi connectivity index (χ4n) is 2.33. The van der Waals surface area contributed by atoms with Gasteiger partial charge in [0, 0.05) is 31.0 Å². The third-order valence-electron chi connectivity index (χ3n) is 3.54. The van der Waals surface area contributed by atoms with Crippen LogP contribution in [0.1, 0.15) is 12.8 Å². The fraction of sp³-hybridized carbons (Fsp3) is 0.500. The van der Waals surface area contributed by atoms with Crippen LogP contribution in [0.15, 0.2) is 24.3 Å². The van der Waals surface area contributed by atoms with Crippen molar-refractivity contribution in [3.8, 4) is 0 Å². The molecule has 0 amide bonds. The maximum absolute atomic E-state index is 12.5. The van der Waals surface area contributed by atoms with Crippen LogP contribution in [0.5, 0.6) is 0 Å². The molecule has 1 heterocycles. The Morgan fingerprint density at radius 1 is 1.24 bits per heavy atom. The summed E-state index contributed by atoms with van der Waals surface area (Å²) in [7, 11) is 0. The van der Waals surface area contributed by atoms with Gasteiger partial charge in [-0.3, -0.25) is 4.79 Å². The number of carbonyl (C=O) groups is 1. The number of carboxylic acids is 1. The first-order chi connectivity index (χ1) is 9.88. The van der Waals surface area contributed by atoms with Crippen molar-refractivity contribution >= 4 is 17.3 Å². The second-order valence-corrected chi connectivity index (χ2v) is 5.05. The molecule has 0 aliphatic carbocycles. The summed E-state index contributed by atoms with van der Waals surface area (Å²) < 4.78 is 37.5. The van der Waals surface area contributed by atoms with Crippen LogP contribution in [0.2, 0.25) is 0 Å². The van der Waals surface area contributed by atoms with Crippen molar-refractivity contribution in [3.05, 3.63) is 24.3 Å². The number of anilines is 2. The molecule has 0 aromatic heterocycles. The lowest BCUT2D eigenvalue weighted by Gasteiger charge is -2.19. The van der Waals surface area contributed by atoms with E-state index in [2.05, 4.69) is 10.2 Å². The smallest absolute Gasteiger partial charge is 0.403 e. The Morgan fingerprint density at radius 3 is 2.29 bits per heavy atom. The standard InChI is InChI=1S/C14H17F3N2O2/c15-14(16,17)12(13(20)21)9-18-10-3-5-11(6-4-10)19-7-1-2-8-19/h3-6,12,18H,1-2,7-9H2,(H,20,21). The Hall–Kier alpha value is -1.92. The molecule has 0 spiro atoms. The van der Waals surface area contributed by atoms with E-state index in [9.17, 15) is 18.0 Å². The molecule has 1 fully saturated rings.